The molecular weight excluding hydrogens is 319 g/mol. The van der Waals surface area contributed by atoms with Gasteiger partial charge in [-0.1, -0.05) is 23.3 Å². The van der Waals surface area contributed by atoms with E-state index in [1.807, 2.05) is 0 Å². The van der Waals surface area contributed by atoms with Crippen molar-refractivity contribution in [1.82, 2.24) is 0 Å². The highest BCUT2D eigenvalue weighted by atomic mass is 35.5. The van der Waals surface area contributed by atoms with Crippen molar-refractivity contribution in [1.29, 1.82) is 0 Å². The minimum Gasteiger partial charge on any atom is -0.377 e. The molecule has 1 N–H and O–H groups in total. The summed E-state index contributed by atoms with van der Waals surface area (Å²) in [7, 11) is 0. The van der Waals surface area contributed by atoms with Crippen LogP contribution in [0.4, 0.5) is 14.5 Å². The van der Waals surface area contributed by atoms with Crippen LogP contribution in [0, 0.1) is 11.6 Å². The number of carbonyl (C=O) groups excluding carboxylic acids is 1. The summed E-state index contributed by atoms with van der Waals surface area (Å²) in [5.41, 5.74) is 0.480. The van der Waals surface area contributed by atoms with Crippen LogP contribution >= 0.6 is 23.2 Å². The topological polar surface area (TPSA) is 29.1 Å². The van der Waals surface area contributed by atoms with Crippen molar-refractivity contribution in [2.45, 2.75) is 13.8 Å². The summed E-state index contributed by atoms with van der Waals surface area (Å²) in [5, 5.41) is 3.26. The number of benzene rings is 1. The van der Waals surface area contributed by atoms with Gasteiger partial charge in [-0.3, -0.25) is 4.79 Å². The number of carbonyl (C=O) groups is 1. The molecule has 114 valence electrons. The van der Waals surface area contributed by atoms with Crippen molar-refractivity contribution in [3.05, 3.63) is 52.1 Å². The Balaban J connectivity index is 2.88. The van der Waals surface area contributed by atoms with Gasteiger partial charge in [-0.15, -0.1) is 11.6 Å². The summed E-state index contributed by atoms with van der Waals surface area (Å²) in [4.78, 5) is 11.3. The van der Waals surface area contributed by atoms with Crippen molar-refractivity contribution in [3.8, 4) is 0 Å². The van der Waals surface area contributed by atoms with Gasteiger partial charge in [0.2, 0.25) is 0 Å². The first-order chi connectivity index (χ1) is 9.85. The van der Waals surface area contributed by atoms with Crippen LogP contribution in [0.3, 0.4) is 0 Å². The fourth-order valence-corrected chi connectivity index (χ4v) is 1.74. The molecule has 0 aliphatic heterocycles. The number of rotatable bonds is 6. The van der Waals surface area contributed by atoms with E-state index < -0.39 is 17.4 Å². The van der Waals surface area contributed by atoms with Gasteiger partial charge in [0.1, 0.15) is 17.3 Å². The second kappa shape index (κ2) is 8.15. The van der Waals surface area contributed by atoms with Gasteiger partial charge in [0.05, 0.1) is 5.88 Å². The van der Waals surface area contributed by atoms with Crippen LogP contribution in [0.5, 0.6) is 0 Å². The maximum Gasteiger partial charge on any atom is 0.177 e. The predicted octanol–water partition coefficient (Wildman–Crippen LogP) is 4.89. The molecule has 6 heteroatoms. The maximum atomic E-state index is 13.8. The van der Waals surface area contributed by atoms with E-state index in [4.69, 9.17) is 23.2 Å². The number of Topliss-reactive ketones (excluding diaryl/α,β-unsaturated/α-hetero) is 1. The lowest BCUT2D eigenvalue weighted by Crippen LogP contribution is -2.09. The molecule has 1 aromatic carbocycles. The minimum absolute atomic E-state index is 0.0847. The average molecular weight is 334 g/mol. The van der Waals surface area contributed by atoms with Crippen LogP contribution in [0.15, 0.2) is 34.9 Å². The van der Waals surface area contributed by atoms with Gasteiger partial charge >= 0.3 is 0 Å². The SMILES string of the molecule is C/C(Cl)=C\C=C(/C)CNc1c(F)cc(C(=O)CCl)cc1F. The summed E-state index contributed by atoms with van der Waals surface area (Å²) in [6.07, 6.45) is 3.43. The van der Waals surface area contributed by atoms with E-state index in [9.17, 15) is 13.6 Å². The Kier molecular flexibility index (Phi) is 6.85. The van der Waals surface area contributed by atoms with Crippen LogP contribution in [-0.4, -0.2) is 18.2 Å². The Morgan fingerprint density at radius 1 is 1.24 bits per heavy atom. The van der Waals surface area contributed by atoms with Gasteiger partial charge in [0, 0.05) is 17.1 Å². The normalized spacial score (nSPS) is 12.5. The minimum atomic E-state index is -0.833. The van der Waals surface area contributed by atoms with E-state index in [0.717, 1.165) is 17.7 Å². The third-order valence-electron chi connectivity index (χ3n) is 2.63. The molecule has 0 aliphatic carbocycles. The lowest BCUT2D eigenvalue weighted by Gasteiger charge is -2.10. The molecule has 0 heterocycles. The Morgan fingerprint density at radius 2 is 1.81 bits per heavy atom. The van der Waals surface area contributed by atoms with E-state index in [1.54, 1.807) is 26.0 Å². The van der Waals surface area contributed by atoms with Gasteiger partial charge in [-0.2, -0.15) is 0 Å². The van der Waals surface area contributed by atoms with Gasteiger partial charge in [0.15, 0.2) is 5.78 Å². The zero-order valence-corrected chi connectivity index (χ0v) is 13.2. The first-order valence-corrected chi connectivity index (χ1v) is 7.08. The Labute approximate surface area is 132 Å². The molecule has 0 saturated heterocycles. The highest BCUT2D eigenvalue weighted by Crippen LogP contribution is 2.21. The number of hydrogen-bond acceptors (Lipinski definition) is 2. The summed E-state index contributed by atoms with van der Waals surface area (Å²) in [6.45, 7) is 3.77. The number of anilines is 1. The lowest BCUT2D eigenvalue weighted by atomic mass is 10.1. The first-order valence-electron chi connectivity index (χ1n) is 6.16. The first kappa shape index (κ1) is 17.7. The zero-order valence-electron chi connectivity index (χ0n) is 11.6. The van der Waals surface area contributed by atoms with Crippen molar-refractivity contribution < 1.29 is 13.6 Å². The quantitative estimate of drug-likeness (QED) is 0.456. The van der Waals surface area contributed by atoms with Crippen LogP contribution in [0.1, 0.15) is 24.2 Å². The lowest BCUT2D eigenvalue weighted by molar-refractivity contribution is 0.102. The molecule has 0 fully saturated rings. The molecular formula is C15H15Cl2F2NO. The Morgan fingerprint density at radius 3 is 2.29 bits per heavy atom. The number of hydrogen-bond donors (Lipinski definition) is 1. The fourth-order valence-electron chi connectivity index (χ4n) is 1.52. The van der Waals surface area contributed by atoms with E-state index in [-0.39, 0.29) is 23.7 Å². The highest BCUT2D eigenvalue weighted by molar-refractivity contribution is 6.30. The van der Waals surface area contributed by atoms with Crippen LogP contribution in [0.25, 0.3) is 0 Å². The van der Waals surface area contributed by atoms with Crippen LogP contribution < -0.4 is 5.32 Å². The van der Waals surface area contributed by atoms with Gasteiger partial charge in [-0.05, 0) is 32.1 Å². The number of nitrogens with one attached hydrogen (secondary N) is 1. The molecule has 0 spiro atoms. The third-order valence-corrected chi connectivity index (χ3v) is 3.00. The number of ketones is 1. The number of allylic oxidation sites excluding steroid dienone is 3. The molecule has 0 saturated carbocycles. The molecule has 0 bridgehead atoms. The van der Waals surface area contributed by atoms with Crippen molar-refractivity contribution >= 4 is 34.7 Å². The molecule has 0 aromatic heterocycles. The van der Waals surface area contributed by atoms with Crippen molar-refractivity contribution in [2.75, 3.05) is 17.7 Å². The molecule has 0 unspecified atom stereocenters. The maximum absolute atomic E-state index is 13.8. The van der Waals surface area contributed by atoms with Crippen LogP contribution in [-0.2, 0) is 0 Å². The van der Waals surface area contributed by atoms with Crippen molar-refractivity contribution in [3.63, 3.8) is 0 Å². The zero-order chi connectivity index (χ0) is 16.0. The van der Waals surface area contributed by atoms with E-state index >= 15 is 0 Å². The second-order valence-electron chi connectivity index (χ2n) is 4.49. The van der Waals surface area contributed by atoms with E-state index in [0.29, 0.717) is 5.03 Å². The third kappa shape index (κ3) is 5.48. The van der Waals surface area contributed by atoms with Gasteiger partial charge in [0.25, 0.3) is 0 Å². The monoisotopic (exact) mass is 333 g/mol. The van der Waals surface area contributed by atoms with Gasteiger partial charge in [-0.25, -0.2) is 8.78 Å². The predicted molar refractivity (Wildman–Crippen MR) is 83.3 cm³/mol. The summed E-state index contributed by atoms with van der Waals surface area (Å²) >= 11 is 11.0. The largest absolute Gasteiger partial charge is 0.377 e. The Bertz CT molecular complexity index is 570. The molecule has 2 nitrogen and oxygen atoms in total. The van der Waals surface area contributed by atoms with Crippen molar-refractivity contribution in [2.24, 2.45) is 0 Å². The van der Waals surface area contributed by atoms with Gasteiger partial charge < -0.3 is 5.32 Å². The molecule has 1 aromatic rings. The second-order valence-corrected chi connectivity index (χ2v) is 5.36. The number of alkyl halides is 1. The summed E-state index contributed by atoms with van der Waals surface area (Å²) < 4.78 is 27.6. The van der Waals surface area contributed by atoms with E-state index in [2.05, 4.69) is 5.32 Å². The average Bonchev–Trinajstić information content (AvgIpc) is 2.43. The molecule has 0 atom stereocenters. The Hall–Kier alpha value is -1.39. The number of halogens is 4. The molecule has 0 radical (unpaired) electrons. The van der Waals surface area contributed by atoms with Crippen LogP contribution in [0.2, 0.25) is 0 Å². The standard InChI is InChI=1S/C15H15Cl2F2NO/c1-9(3-4-10(2)17)8-20-15-12(18)5-11(6-13(15)19)14(21)7-16/h3-6,20H,7-8H2,1-2H3/b9-3+,10-4+. The molecule has 21 heavy (non-hydrogen) atoms. The molecule has 0 amide bonds. The van der Waals surface area contributed by atoms with E-state index in [1.165, 1.54) is 0 Å². The fraction of sp³-hybridized carbons (Fsp3) is 0.267. The summed E-state index contributed by atoms with van der Waals surface area (Å²) in [6, 6.07) is 1.94. The highest BCUT2D eigenvalue weighted by Gasteiger charge is 2.14. The molecule has 0 aliphatic rings. The molecule has 1 rings (SSSR count). The smallest absolute Gasteiger partial charge is 0.177 e. The summed E-state index contributed by atoms with van der Waals surface area (Å²) in [5.74, 6) is -2.52.